The molecule has 42 heavy (non-hydrogen) atoms. The van der Waals surface area contributed by atoms with Crippen LogP contribution in [0.5, 0.6) is 0 Å². The molecule has 8 nitrogen and oxygen atoms in total. The lowest BCUT2D eigenvalue weighted by Gasteiger charge is -2.48. The van der Waals surface area contributed by atoms with Crippen LogP contribution in [0.4, 0.5) is 0 Å². The molecule has 220 valence electrons. The summed E-state index contributed by atoms with van der Waals surface area (Å²) in [5, 5.41) is 15.7. The fourth-order valence-electron chi connectivity index (χ4n) is 7.32. The van der Waals surface area contributed by atoms with E-state index in [1.807, 2.05) is 56.5 Å². The first kappa shape index (κ1) is 29.5. The monoisotopic (exact) mass is 570 g/mol. The van der Waals surface area contributed by atoms with Crippen LogP contribution in [-0.2, 0) is 30.3 Å². The highest BCUT2D eigenvalue weighted by Crippen LogP contribution is 2.56. The molecule has 0 bridgehead atoms. The number of aromatic nitrogens is 1. The number of rotatable bonds is 3. The van der Waals surface area contributed by atoms with Crippen molar-refractivity contribution in [2.24, 2.45) is 29.1 Å². The Bertz CT molecular complexity index is 1550. The quantitative estimate of drug-likeness (QED) is 0.289. The Balaban J connectivity index is 1.62. The maximum atomic E-state index is 14.3. The molecule has 3 aliphatic rings. The van der Waals surface area contributed by atoms with Gasteiger partial charge in [0.2, 0.25) is 11.7 Å². The summed E-state index contributed by atoms with van der Waals surface area (Å²) >= 11 is 0. The average molecular weight is 571 g/mol. The predicted molar refractivity (Wildman–Crippen MR) is 159 cm³/mol. The van der Waals surface area contributed by atoms with Crippen molar-refractivity contribution in [1.82, 2.24) is 10.3 Å². The molecule has 2 aliphatic carbocycles. The summed E-state index contributed by atoms with van der Waals surface area (Å²) in [7, 11) is 0. The van der Waals surface area contributed by atoms with Crippen molar-refractivity contribution in [3.05, 3.63) is 84.1 Å². The van der Waals surface area contributed by atoms with E-state index in [-0.39, 0.29) is 11.8 Å². The van der Waals surface area contributed by atoms with Crippen molar-refractivity contribution in [2.45, 2.75) is 58.8 Å². The molecule has 1 spiro atoms. The lowest BCUT2D eigenvalue weighted by atomic mass is 9.52. The molecule has 1 aromatic heterocycles. The van der Waals surface area contributed by atoms with Crippen LogP contribution in [0.3, 0.4) is 0 Å². The number of allylic oxidation sites excluding steroid dienone is 3. The Labute approximate surface area is 245 Å². The zero-order valence-electron chi connectivity index (χ0n) is 24.4. The van der Waals surface area contributed by atoms with Gasteiger partial charge in [0.15, 0.2) is 11.9 Å². The Morgan fingerprint density at radius 2 is 1.90 bits per heavy atom. The molecule has 0 radical (unpaired) electrons. The van der Waals surface area contributed by atoms with E-state index in [0.717, 1.165) is 28.6 Å². The van der Waals surface area contributed by atoms with Crippen molar-refractivity contribution in [1.29, 1.82) is 0 Å². The number of hydrogen-bond acceptors (Lipinski definition) is 6. The van der Waals surface area contributed by atoms with Crippen LogP contribution in [-0.4, -0.2) is 51.8 Å². The topological polar surface area (TPSA) is 126 Å². The van der Waals surface area contributed by atoms with E-state index in [2.05, 4.69) is 16.9 Å². The normalized spacial score (nSPS) is 36.4. The van der Waals surface area contributed by atoms with Crippen LogP contribution in [0, 0.1) is 29.1 Å². The minimum Gasteiger partial charge on any atom is -0.450 e. The number of aliphatic hydroxyl groups is 1. The van der Waals surface area contributed by atoms with E-state index in [4.69, 9.17) is 4.74 Å². The molecule has 8 atom stereocenters. The number of carbonyl (C=O) groups excluding carboxylic acids is 4. The molecular formula is C34H38N2O6. The molecule has 5 rings (SSSR count). The SMILES string of the molecule is C=C1[C@@H](C)[C@H]2[C@H](Cc3c[nH]c4ccccc34)NC(=O)C23C(=O)/C=C/C(=O)[C@H](OC(C)=O)/C(C)=C/[C@@H](C)C/C=C/[C@H]3[C@@H]1O. The van der Waals surface area contributed by atoms with Gasteiger partial charge in [-0.15, -0.1) is 0 Å². The van der Waals surface area contributed by atoms with Crippen LogP contribution < -0.4 is 5.32 Å². The van der Waals surface area contributed by atoms with Crippen molar-refractivity contribution < 1.29 is 29.0 Å². The summed E-state index contributed by atoms with van der Waals surface area (Å²) in [5.41, 5.74) is 1.44. The number of aromatic amines is 1. The van der Waals surface area contributed by atoms with Crippen LogP contribution >= 0.6 is 0 Å². The highest BCUT2D eigenvalue weighted by atomic mass is 16.5. The molecule has 2 fully saturated rings. The van der Waals surface area contributed by atoms with Gasteiger partial charge in [0.25, 0.3) is 0 Å². The number of carbonyl (C=O) groups is 4. The number of hydrogen-bond donors (Lipinski definition) is 3. The average Bonchev–Trinajstić information content (AvgIpc) is 3.49. The van der Waals surface area contributed by atoms with Gasteiger partial charge in [0, 0.05) is 41.9 Å². The third-order valence-electron chi connectivity index (χ3n) is 9.30. The Morgan fingerprint density at radius 1 is 1.17 bits per heavy atom. The van der Waals surface area contributed by atoms with Crippen molar-refractivity contribution >= 4 is 34.3 Å². The number of ether oxygens (including phenoxy) is 1. The van der Waals surface area contributed by atoms with Crippen LogP contribution in [0.2, 0.25) is 0 Å². The molecule has 1 unspecified atom stereocenters. The molecule has 1 aliphatic heterocycles. The Morgan fingerprint density at radius 3 is 2.64 bits per heavy atom. The molecule has 1 saturated carbocycles. The second-order valence-electron chi connectivity index (χ2n) is 12.0. The number of fused-ring (bicyclic) bond motifs is 1. The molecular weight excluding hydrogens is 532 g/mol. The van der Waals surface area contributed by atoms with E-state index in [9.17, 15) is 24.3 Å². The minimum absolute atomic E-state index is 0.0471. The summed E-state index contributed by atoms with van der Waals surface area (Å²) < 4.78 is 5.34. The molecule has 1 aromatic carbocycles. The number of para-hydroxylation sites is 1. The van der Waals surface area contributed by atoms with Gasteiger partial charge in [0.1, 0.15) is 5.41 Å². The number of nitrogens with one attached hydrogen (secondary N) is 2. The predicted octanol–water partition coefficient (Wildman–Crippen LogP) is 4.16. The highest BCUT2D eigenvalue weighted by molar-refractivity contribution is 6.15. The Kier molecular flexibility index (Phi) is 7.94. The molecule has 2 heterocycles. The molecule has 1 saturated heterocycles. The zero-order chi connectivity index (χ0) is 30.3. The third-order valence-corrected chi connectivity index (χ3v) is 9.30. The van der Waals surface area contributed by atoms with E-state index in [1.165, 1.54) is 6.92 Å². The van der Waals surface area contributed by atoms with Crippen molar-refractivity contribution in [3.63, 3.8) is 0 Å². The maximum Gasteiger partial charge on any atom is 0.303 e. The summed E-state index contributed by atoms with van der Waals surface area (Å²) in [6.07, 6.45) is 8.34. The van der Waals surface area contributed by atoms with E-state index in [1.54, 1.807) is 13.0 Å². The van der Waals surface area contributed by atoms with E-state index >= 15 is 0 Å². The standard InChI is InChI=1S/C34H38N2O6/c1-18-9-8-11-25-31(40)21(4)20(3)30-27(16-23-17-35-26-12-7-6-10-24(23)26)36-33(41)34(25,30)29(39)14-13-28(38)32(19(2)15-18)42-22(5)37/h6-8,10-15,17-18,20,25,27,30-32,35,40H,4,9,16H2,1-3,5H3,(H,36,41)/b11-8+,14-13+,19-15+/t18-,20+,25-,27-,30-,31+,32+,34?/m0/s1. The number of benzene rings is 1. The Hall–Kier alpha value is -4.04. The van der Waals surface area contributed by atoms with Gasteiger partial charge >= 0.3 is 5.97 Å². The highest BCUT2D eigenvalue weighted by Gasteiger charge is 2.68. The second-order valence-corrected chi connectivity index (χ2v) is 12.0. The number of ketones is 2. The molecule has 3 N–H and O–H groups in total. The van der Waals surface area contributed by atoms with E-state index in [0.29, 0.717) is 24.0 Å². The van der Waals surface area contributed by atoms with Crippen molar-refractivity contribution in [2.75, 3.05) is 0 Å². The maximum absolute atomic E-state index is 14.3. The van der Waals surface area contributed by atoms with Crippen LogP contribution in [0.25, 0.3) is 10.9 Å². The lowest BCUT2D eigenvalue weighted by molar-refractivity contribution is -0.149. The number of amides is 1. The number of H-pyrrole nitrogens is 1. The van der Waals surface area contributed by atoms with Crippen LogP contribution in [0.15, 0.2) is 78.6 Å². The van der Waals surface area contributed by atoms with Gasteiger partial charge in [-0.1, -0.05) is 56.9 Å². The van der Waals surface area contributed by atoms with Gasteiger partial charge in [0.05, 0.1) is 6.10 Å². The zero-order valence-corrected chi connectivity index (χ0v) is 24.4. The second kappa shape index (κ2) is 11.3. The van der Waals surface area contributed by atoms with Crippen molar-refractivity contribution in [3.8, 4) is 0 Å². The minimum atomic E-state index is -1.67. The fraction of sp³-hybridized carbons (Fsp3) is 0.412. The van der Waals surface area contributed by atoms with Gasteiger partial charge in [-0.2, -0.15) is 0 Å². The molecule has 2 aromatic rings. The molecule has 1 amide bonds. The largest absolute Gasteiger partial charge is 0.450 e. The van der Waals surface area contributed by atoms with Crippen LogP contribution in [0.1, 0.15) is 39.7 Å². The first-order valence-electron chi connectivity index (χ1n) is 14.5. The third kappa shape index (κ3) is 4.87. The summed E-state index contributed by atoms with van der Waals surface area (Å²) in [4.78, 5) is 56.9. The summed E-state index contributed by atoms with van der Waals surface area (Å²) in [5.74, 6) is -4.07. The van der Waals surface area contributed by atoms with Gasteiger partial charge < -0.3 is 20.1 Å². The van der Waals surface area contributed by atoms with Gasteiger partial charge in [-0.05, 0) is 66.5 Å². The first-order valence-corrected chi connectivity index (χ1v) is 14.5. The first-order chi connectivity index (χ1) is 20.0. The summed E-state index contributed by atoms with van der Waals surface area (Å²) in [6, 6.07) is 7.48. The molecule has 8 heteroatoms. The smallest absolute Gasteiger partial charge is 0.303 e. The summed E-state index contributed by atoms with van der Waals surface area (Å²) in [6.45, 7) is 11.0. The van der Waals surface area contributed by atoms with Gasteiger partial charge in [-0.3, -0.25) is 19.2 Å². The number of aliphatic hydroxyl groups excluding tert-OH is 1. The lowest BCUT2D eigenvalue weighted by Crippen LogP contribution is -2.58. The fourth-order valence-corrected chi connectivity index (χ4v) is 7.32. The van der Waals surface area contributed by atoms with E-state index < -0.39 is 58.9 Å². The van der Waals surface area contributed by atoms with Gasteiger partial charge in [-0.25, -0.2) is 0 Å². The number of esters is 1.